The van der Waals surface area contributed by atoms with E-state index in [1.165, 1.54) is 7.11 Å². The number of hydrogen-bond acceptors (Lipinski definition) is 4. The van der Waals surface area contributed by atoms with Gasteiger partial charge in [0.05, 0.1) is 12.7 Å². The summed E-state index contributed by atoms with van der Waals surface area (Å²) in [7, 11) is 2.64. The van der Waals surface area contributed by atoms with Crippen LogP contribution in [0, 0.1) is 11.3 Å². The first-order valence-corrected chi connectivity index (χ1v) is 5.34. The summed E-state index contributed by atoms with van der Waals surface area (Å²) in [6.07, 6.45) is 0. The molecule has 0 amide bonds. The maximum atomic E-state index is 10.7. The summed E-state index contributed by atoms with van der Waals surface area (Å²) in [6.45, 7) is 0.0543. The van der Waals surface area contributed by atoms with Crippen molar-refractivity contribution < 1.29 is 13.2 Å². The van der Waals surface area contributed by atoms with Gasteiger partial charge in [-0.1, -0.05) is 0 Å². The predicted molar refractivity (Wildman–Crippen MR) is 43.8 cm³/mol. The van der Waals surface area contributed by atoms with Crippen LogP contribution in [0.3, 0.4) is 0 Å². The lowest BCUT2D eigenvalue weighted by molar-refractivity contribution is 0.183. The first kappa shape index (κ1) is 11.6. The van der Waals surface area contributed by atoms with E-state index in [1.807, 2.05) is 0 Å². The number of nitrogens with zero attached hydrogens (tertiary/aromatic N) is 2. The second-order valence-corrected chi connectivity index (χ2v) is 4.44. The molecule has 0 aliphatic carbocycles. The Balaban J connectivity index is 4.17. The summed E-state index contributed by atoms with van der Waals surface area (Å²) in [5.74, 6) is 0. The van der Waals surface area contributed by atoms with Crippen LogP contribution in [0.2, 0.25) is 0 Å². The second kappa shape index (κ2) is 5.32. The van der Waals surface area contributed by atoms with Crippen LogP contribution in [0.5, 0.6) is 0 Å². The van der Waals surface area contributed by atoms with Gasteiger partial charge in [-0.25, -0.2) is 0 Å². The SMILES string of the molecule is COCCN(CC#N)S(=O)(=O)Cl. The molecule has 12 heavy (non-hydrogen) atoms. The average molecular weight is 213 g/mol. The quantitative estimate of drug-likeness (QED) is 0.473. The molecule has 0 fully saturated rings. The molecule has 0 rings (SSSR count). The van der Waals surface area contributed by atoms with Crippen LogP contribution in [0.15, 0.2) is 0 Å². The van der Waals surface area contributed by atoms with Crippen LogP contribution in [0.4, 0.5) is 0 Å². The Morgan fingerprint density at radius 1 is 1.67 bits per heavy atom. The van der Waals surface area contributed by atoms with Gasteiger partial charge in [0.25, 0.3) is 0 Å². The fourth-order valence-corrected chi connectivity index (χ4v) is 1.40. The van der Waals surface area contributed by atoms with Crippen LogP contribution in [0.1, 0.15) is 0 Å². The first-order chi connectivity index (χ1) is 5.52. The third-order valence-corrected chi connectivity index (χ3v) is 2.61. The normalized spacial score (nSPS) is 11.5. The van der Waals surface area contributed by atoms with E-state index in [0.717, 1.165) is 4.31 Å². The van der Waals surface area contributed by atoms with E-state index in [9.17, 15) is 8.42 Å². The number of rotatable bonds is 5. The van der Waals surface area contributed by atoms with E-state index in [1.54, 1.807) is 6.07 Å². The molecule has 0 spiro atoms. The van der Waals surface area contributed by atoms with Crippen molar-refractivity contribution >= 4 is 19.9 Å². The van der Waals surface area contributed by atoms with Gasteiger partial charge in [-0.15, -0.1) is 0 Å². The maximum Gasteiger partial charge on any atom is 0.300 e. The standard InChI is InChI=1S/C5H9ClN2O3S/c1-11-5-4-8(3-2-7)12(6,9)10/h3-5H2,1H3. The summed E-state index contributed by atoms with van der Waals surface area (Å²) in [6, 6.07) is 1.69. The minimum atomic E-state index is -3.80. The van der Waals surface area contributed by atoms with E-state index in [-0.39, 0.29) is 19.7 Å². The molecule has 0 aromatic rings. The van der Waals surface area contributed by atoms with Gasteiger partial charge in [-0.3, -0.25) is 0 Å². The number of hydrogen-bond donors (Lipinski definition) is 0. The highest BCUT2D eigenvalue weighted by Crippen LogP contribution is 2.04. The molecule has 0 saturated carbocycles. The topological polar surface area (TPSA) is 70.4 Å². The van der Waals surface area contributed by atoms with Crippen LogP contribution in [-0.2, 0) is 14.0 Å². The Morgan fingerprint density at radius 3 is 2.58 bits per heavy atom. The largest absolute Gasteiger partial charge is 0.383 e. The van der Waals surface area contributed by atoms with Crippen molar-refractivity contribution in [2.45, 2.75) is 0 Å². The van der Waals surface area contributed by atoms with Gasteiger partial charge < -0.3 is 4.74 Å². The Kier molecular flexibility index (Phi) is 5.17. The van der Waals surface area contributed by atoms with Crippen molar-refractivity contribution in [3.63, 3.8) is 0 Å². The lowest BCUT2D eigenvalue weighted by Crippen LogP contribution is -2.30. The number of nitriles is 1. The zero-order valence-corrected chi connectivity index (χ0v) is 8.10. The van der Waals surface area contributed by atoms with Crippen molar-refractivity contribution in [1.29, 1.82) is 5.26 Å². The monoisotopic (exact) mass is 212 g/mol. The maximum absolute atomic E-state index is 10.7. The van der Waals surface area contributed by atoms with Crippen LogP contribution >= 0.6 is 10.7 Å². The molecule has 0 N–H and O–H groups in total. The van der Waals surface area contributed by atoms with Gasteiger partial charge in [-0.05, 0) is 0 Å². The summed E-state index contributed by atoms with van der Waals surface area (Å²) in [5.41, 5.74) is 0. The lowest BCUT2D eigenvalue weighted by atomic mass is 10.6. The molecule has 0 bridgehead atoms. The van der Waals surface area contributed by atoms with Crippen LogP contribution < -0.4 is 0 Å². The highest BCUT2D eigenvalue weighted by molar-refractivity contribution is 8.11. The molecule has 5 nitrogen and oxygen atoms in total. The third-order valence-electron chi connectivity index (χ3n) is 1.10. The molecule has 70 valence electrons. The first-order valence-electron chi connectivity index (χ1n) is 3.08. The predicted octanol–water partition coefficient (Wildman–Crippen LogP) is -0.0580. The molecular formula is C5H9ClN2O3S. The zero-order valence-electron chi connectivity index (χ0n) is 6.53. The molecule has 0 radical (unpaired) electrons. The molecule has 0 atom stereocenters. The molecule has 0 heterocycles. The summed E-state index contributed by atoms with van der Waals surface area (Å²) < 4.78 is 26.9. The second-order valence-electron chi connectivity index (χ2n) is 1.93. The minimum Gasteiger partial charge on any atom is -0.383 e. The van der Waals surface area contributed by atoms with Gasteiger partial charge in [0.15, 0.2) is 0 Å². The van der Waals surface area contributed by atoms with Crippen LogP contribution in [-0.4, -0.2) is 39.5 Å². The summed E-state index contributed by atoms with van der Waals surface area (Å²) in [5, 5.41) is 8.24. The molecule has 7 heteroatoms. The van der Waals surface area contributed by atoms with Gasteiger partial charge in [0.2, 0.25) is 0 Å². The number of ether oxygens (including phenoxy) is 1. The molecule has 0 aromatic carbocycles. The van der Waals surface area contributed by atoms with E-state index >= 15 is 0 Å². The molecule has 0 unspecified atom stereocenters. The third kappa shape index (κ3) is 4.51. The fraction of sp³-hybridized carbons (Fsp3) is 0.800. The smallest absolute Gasteiger partial charge is 0.300 e. The Morgan fingerprint density at radius 2 is 2.25 bits per heavy atom. The lowest BCUT2D eigenvalue weighted by Gasteiger charge is -2.13. The molecule has 0 aliphatic heterocycles. The molecule has 0 aromatic heterocycles. The summed E-state index contributed by atoms with van der Waals surface area (Å²) >= 11 is 0. The van der Waals surface area contributed by atoms with Crippen molar-refractivity contribution in [2.75, 3.05) is 26.8 Å². The fourth-order valence-electron chi connectivity index (χ4n) is 0.537. The van der Waals surface area contributed by atoms with Gasteiger partial charge in [-0.2, -0.15) is 18.0 Å². The van der Waals surface area contributed by atoms with Crippen molar-refractivity contribution in [3.8, 4) is 6.07 Å². The molecule has 0 aliphatic rings. The highest BCUT2D eigenvalue weighted by atomic mass is 35.7. The number of halogens is 1. The van der Waals surface area contributed by atoms with Crippen molar-refractivity contribution in [1.82, 2.24) is 4.31 Å². The Bertz CT molecular complexity index is 258. The molecule has 0 saturated heterocycles. The molecular weight excluding hydrogens is 204 g/mol. The van der Waals surface area contributed by atoms with Gasteiger partial charge in [0.1, 0.15) is 6.54 Å². The van der Waals surface area contributed by atoms with E-state index in [2.05, 4.69) is 4.74 Å². The average Bonchev–Trinajstić information content (AvgIpc) is 1.95. The zero-order chi connectivity index (χ0) is 9.61. The van der Waals surface area contributed by atoms with Crippen molar-refractivity contribution in [3.05, 3.63) is 0 Å². The van der Waals surface area contributed by atoms with Crippen LogP contribution in [0.25, 0.3) is 0 Å². The van der Waals surface area contributed by atoms with E-state index in [4.69, 9.17) is 15.9 Å². The number of methoxy groups -OCH3 is 1. The van der Waals surface area contributed by atoms with Gasteiger partial charge in [0, 0.05) is 24.3 Å². The Labute approximate surface area is 76.0 Å². The summed E-state index contributed by atoms with van der Waals surface area (Å²) in [4.78, 5) is 0. The highest BCUT2D eigenvalue weighted by Gasteiger charge is 2.17. The van der Waals surface area contributed by atoms with E-state index < -0.39 is 9.24 Å². The van der Waals surface area contributed by atoms with E-state index in [0.29, 0.717) is 0 Å². The minimum absolute atomic E-state index is 0.0931. The Hall–Kier alpha value is -0.350. The van der Waals surface area contributed by atoms with Gasteiger partial charge >= 0.3 is 9.24 Å². The van der Waals surface area contributed by atoms with Crippen molar-refractivity contribution in [2.24, 2.45) is 0 Å².